The Hall–Kier alpha value is -4.21. The molecule has 0 saturated heterocycles. The molecular weight excluding hydrogens is 563 g/mol. The summed E-state index contributed by atoms with van der Waals surface area (Å²) >= 11 is 5.73. The number of carboxylic acid groups (broad SMARTS) is 1. The van der Waals surface area contributed by atoms with Gasteiger partial charge in [0, 0.05) is 38.7 Å². The van der Waals surface area contributed by atoms with Crippen molar-refractivity contribution in [2.75, 3.05) is 6.61 Å². The Labute approximate surface area is 248 Å². The zero-order valence-corrected chi connectivity index (χ0v) is 23.7. The molecule has 0 unspecified atom stereocenters. The van der Waals surface area contributed by atoms with Crippen LogP contribution in [0.25, 0.3) is 0 Å². The summed E-state index contributed by atoms with van der Waals surface area (Å²) in [6.45, 7) is 0.482. The Morgan fingerprint density at radius 3 is 1.68 bits per heavy atom. The zero-order valence-electron chi connectivity index (χ0n) is 22.0. The summed E-state index contributed by atoms with van der Waals surface area (Å²) in [5.74, 6) is -1.74. The largest absolute Gasteiger partial charge is 0.481 e. The average molecular weight is 593 g/mol. The quantitative estimate of drug-likeness (QED) is 0.0809. The standard InChI is InChI=1S/C16H14O3S.C10H9FO3.C6H6S/c17-12-19-11-10-16(18)13-6-8-15(9-7-13)20-14-4-2-1-3-5-14;11-8-3-1-7(2-4-8)9(12)5-6-10(13)14;7-6-4-2-1-3-5-6/h1-9,12H,10-11H2;1-4H,5-6H2,(H,13,14);1-5,7H. The maximum absolute atomic E-state index is 12.5. The third kappa shape index (κ3) is 14.1. The van der Waals surface area contributed by atoms with Crippen LogP contribution in [-0.4, -0.2) is 35.7 Å². The van der Waals surface area contributed by atoms with Crippen molar-refractivity contribution in [2.45, 2.75) is 33.9 Å². The van der Waals surface area contributed by atoms with E-state index in [1.54, 1.807) is 23.9 Å². The molecule has 0 bridgehead atoms. The van der Waals surface area contributed by atoms with Crippen LogP contribution in [0.15, 0.2) is 124 Å². The zero-order chi connectivity index (χ0) is 29.9. The second-order valence-corrected chi connectivity index (χ2v) is 9.90. The Morgan fingerprint density at radius 2 is 1.20 bits per heavy atom. The molecule has 0 atom stereocenters. The number of rotatable bonds is 11. The molecule has 0 heterocycles. The van der Waals surface area contributed by atoms with Gasteiger partial charge in [-0.25, -0.2) is 4.39 Å². The van der Waals surface area contributed by atoms with Gasteiger partial charge < -0.3 is 9.84 Å². The van der Waals surface area contributed by atoms with Gasteiger partial charge in [0.05, 0.1) is 13.0 Å². The second-order valence-electron chi connectivity index (χ2n) is 8.24. The third-order valence-corrected chi connectivity index (χ3v) is 6.47. The minimum absolute atomic E-state index is 0.0249. The molecule has 4 rings (SSSR count). The molecule has 0 saturated carbocycles. The molecule has 0 spiro atoms. The van der Waals surface area contributed by atoms with E-state index in [4.69, 9.17) is 5.11 Å². The third-order valence-electron chi connectivity index (χ3n) is 5.16. The number of carbonyl (C=O) groups excluding carboxylic acids is 3. The van der Waals surface area contributed by atoms with Gasteiger partial charge in [-0.1, -0.05) is 60.3 Å². The molecule has 212 valence electrons. The Balaban J connectivity index is 0.000000241. The number of ketones is 2. The van der Waals surface area contributed by atoms with Crippen molar-refractivity contribution in [3.63, 3.8) is 0 Å². The fourth-order valence-corrected chi connectivity index (χ4v) is 4.12. The molecule has 0 aliphatic carbocycles. The molecule has 9 heteroatoms. The molecule has 0 fully saturated rings. The normalized spacial score (nSPS) is 9.71. The van der Waals surface area contributed by atoms with E-state index in [-0.39, 0.29) is 37.4 Å². The smallest absolute Gasteiger partial charge is 0.303 e. The van der Waals surface area contributed by atoms with Gasteiger partial charge >= 0.3 is 5.97 Å². The van der Waals surface area contributed by atoms with Crippen molar-refractivity contribution in [3.05, 3.63) is 126 Å². The van der Waals surface area contributed by atoms with Crippen LogP contribution in [0.5, 0.6) is 0 Å². The lowest BCUT2D eigenvalue weighted by Gasteiger charge is -2.04. The molecule has 0 radical (unpaired) electrons. The van der Waals surface area contributed by atoms with E-state index in [1.165, 1.54) is 24.3 Å². The van der Waals surface area contributed by atoms with Crippen LogP contribution in [0.3, 0.4) is 0 Å². The lowest BCUT2D eigenvalue weighted by Crippen LogP contribution is -2.03. The Morgan fingerprint density at radius 1 is 0.707 bits per heavy atom. The summed E-state index contributed by atoms with van der Waals surface area (Å²) in [6.07, 6.45) is -0.0406. The van der Waals surface area contributed by atoms with Crippen LogP contribution in [-0.2, 0) is 14.3 Å². The van der Waals surface area contributed by atoms with E-state index in [9.17, 15) is 23.6 Å². The number of hydrogen-bond donors (Lipinski definition) is 2. The number of benzene rings is 4. The Bertz CT molecular complexity index is 1360. The lowest BCUT2D eigenvalue weighted by atomic mass is 10.1. The first-order chi connectivity index (χ1) is 19.8. The van der Waals surface area contributed by atoms with Gasteiger partial charge in [0.1, 0.15) is 5.82 Å². The van der Waals surface area contributed by atoms with Gasteiger partial charge in [0.25, 0.3) is 6.47 Å². The van der Waals surface area contributed by atoms with Crippen molar-refractivity contribution < 1.29 is 33.4 Å². The number of Topliss-reactive ketones (excluding diaryl/α,β-unsaturated/α-hetero) is 2. The van der Waals surface area contributed by atoms with Crippen molar-refractivity contribution in [2.24, 2.45) is 0 Å². The number of ether oxygens (including phenoxy) is 1. The predicted molar refractivity (Wildman–Crippen MR) is 159 cm³/mol. The summed E-state index contributed by atoms with van der Waals surface area (Å²) in [4.78, 5) is 46.5. The minimum atomic E-state index is -1.01. The number of thiol groups is 1. The number of carboxylic acids is 1. The predicted octanol–water partition coefficient (Wildman–Crippen LogP) is 7.43. The van der Waals surface area contributed by atoms with Crippen molar-refractivity contribution in [3.8, 4) is 0 Å². The molecule has 0 amide bonds. The van der Waals surface area contributed by atoms with Gasteiger partial charge in [0.15, 0.2) is 11.6 Å². The van der Waals surface area contributed by atoms with Gasteiger partial charge in [-0.3, -0.25) is 19.2 Å². The second kappa shape index (κ2) is 19.0. The molecule has 0 aliphatic heterocycles. The van der Waals surface area contributed by atoms with E-state index in [2.05, 4.69) is 17.4 Å². The van der Waals surface area contributed by atoms with Crippen LogP contribution in [0.2, 0.25) is 0 Å². The number of carbonyl (C=O) groups is 4. The van der Waals surface area contributed by atoms with Crippen LogP contribution in [0.1, 0.15) is 40.0 Å². The fourth-order valence-electron chi connectivity index (χ4n) is 3.11. The van der Waals surface area contributed by atoms with Crippen molar-refractivity contribution >= 4 is 48.4 Å². The number of halogens is 1. The first-order valence-corrected chi connectivity index (χ1v) is 13.7. The van der Waals surface area contributed by atoms with Gasteiger partial charge in [-0.15, -0.1) is 12.6 Å². The minimum Gasteiger partial charge on any atom is -0.481 e. The van der Waals surface area contributed by atoms with E-state index < -0.39 is 11.8 Å². The first kappa shape index (κ1) is 33.0. The summed E-state index contributed by atoms with van der Waals surface area (Å²) in [5.41, 5.74) is 0.976. The summed E-state index contributed by atoms with van der Waals surface area (Å²) < 4.78 is 17.0. The highest BCUT2D eigenvalue weighted by molar-refractivity contribution is 7.99. The van der Waals surface area contributed by atoms with Gasteiger partial charge in [0.2, 0.25) is 0 Å². The van der Waals surface area contributed by atoms with Crippen LogP contribution in [0.4, 0.5) is 4.39 Å². The molecular formula is C32H29FO6S2. The molecule has 6 nitrogen and oxygen atoms in total. The topological polar surface area (TPSA) is 97.7 Å². The number of hydrogen-bond acceptors (Lipinski definition) is 7. The molecule has 0 aliphatic rings. The highest BCUT2D eigenvalue weighted by atomic mass is 32.2. The summed E-state index contributed by atoms with van der Waals surface area (Å²) in [6, 6.07) is 32.3. The van der Waals surface area contributed by atoms with Crippen LogP contribution in [0, 0.1) is 5.82 Å². The molecule has 4 aromatic carbocycles. The molecule has 41 heavy (non-hydrogen) atoms. The summed E-state index contributed by atoms with van der Waals surface area (Å²) in [5, 5.41) is 8.34. The van der Waals surface area contributed by atoms with E-state index in [0.717, 1.165) is 14.7 Å². The van der Waals surface area contributed by atoms with Crippen molar-refractivity contribution in [1.82, 2.24) is 0 Å². The highest BCUT2D eigenvalue weighted by Crippen LogP contribution is 2.27. The van der Waals surface area contributed by atoms with E-state index in [0.29, 0.717) is 17.6 Å². The monoisotopic (exact) mass is 592 g/mol. The fraction of sp³-hybridized carbons (Fsp3) is 0.125. The van der Waals surface area contributed by atoms with Gasteiger partial charge in [-0.05, 0) is 60.7 Å². The molecule has 1 N–H and O–H groups in total. The maximum Gasteiger partial charge on any atom is 0.303 e. The van der Waals surface area contributed by atoms with Crippen LogP contribution < -0.4 is 0 Å². The van der Waals surface area contributed by atoms with E-state index in [1.807, 2.05) is 72.8 Å². The van der Waals surface area contributed by atoms with Gasteiger partial charge in [-0.2, -0.15) is 0 Å². The highest BCUT2D eigenvalue weighted by Gasteiger charge is 2.08. The first-order valence-electron chi connectivity index (χ1n) is 12.4. The average Bonchev–Trinajstić information content (AvgIpc) is 2.98. The lowest BCUT2D eigenvalue weighted by molar-refractivity contribution is -0.137. The molecule has 4 aromatic rings. The maximum atomic E-state index is 12.5. The SMILES string of the molecule is O=C(O)CCC(=O)c1ccc(F)cc1.O=COCCC(=O)c1ccc(Sc2ccccc2)cc1.Sc1ccccc1. The molecule has 0 aromatic heterocycles. The summed E-state index contributed by atoms with van der Waals surface area (Å²) in [7, 11) is 0. The Kier molecular flexibility index (Phi) is 15.3. The van der Waals surface area contributed by atoms with Crippen molar-refractivity contribution in [1.29, 1.82) is 0 Å². The number of aliphatic carboxylic acids is 1. The van der Waals surface area contributed by atoms with E-state index >= 15 is 0 Å². The van der Waals surface area contributed by atoms with Crippen LogP contribution >= 0.6 is 24.4 Å².